The van der Waals surface area contributed by atoms with Crippen LogP contribution in [-0.2, 0) is 20.0 Å². The molecule has 7 nitrogen and oxygen atoms in total. The predicted octanol–water partition coefficient (Wildman–Crippen LogP) is -0.327. The van der Waals surface area contributed by atoms with Crippen molar-refractivity contribution < 1.29 is 21.2 Å². The summed E-state index contributed by atoms with van der Waals surface area (Å²) >= 11 is 0. The van der Waals surface area contributed by atoms with Gasteiger partial charge in [-0.2, -0.15) is 0 Å². The van der Waals surface area contributed by atoms with E-state index in [1.54, 1.807) is 0 Å². The average molecular weight is 325 g/mol. The first kappa shape index (κ1) is 16.8. The van der Waals surface area contributed by atoms with Crippen molar-refractivity contribution in [2.75, 3.05) is 18.0 Å². The number of hydrogen-bond acceptors (Lipinski definition) is 5. The Morgan fingerprint density at radius 1 is 1.25 bits per heavy atom. The second-order valence-electron chi connectivity index (χ2n) is 4.24. The highest BCUT2D eigenvalue weighted by atomic mass is 32.2. The first-order valence-electron chi connectivity index (χ1n) is 5.59. The largest absolute Gasteiger partial charge is 0.399 e. The second kappa shape index (κ2) is 6.04. The smallest absolute Gasteiger partial charge is 0.241 e. The number of benzene rings is 1. The molecule has 0 bridgehead atoms. The van der Waals surface area contributed by atoms with Crippen molar-refractivity contribution >= 4 is 25.7 Å². The number of rotatable bonds is 6. The number of nitrogen functional groups attached to an aromatic ring is 1. The third-order valence-electron chi connectivity index (χ3n) is 2.51. The monoisotopic (exact) mass is 325 g/mol. The highest BCUT2D eigenvalue weighted by Gasteiger charge is 2.19. The summed E-state index contributed by atoms with van der Waals surface area (Å²) in [5.74, 6) is -1.07. The minimum Gasteiger partial charge on any atom is -0.399 e. The number of sulfonamides is 2. The minimum absolute atomic E-state index is 0.0157. The maximum Gasteiger partial charge on any atom is 0.241 e. The van der Waals surface area contributed by atoms with E-state index in [0.29, 0.717) is 0 Å². The molecule has 0 saturated heterocycles. The molecule has 0 amide bonds. The fraction of sp³-hybridized carbons (Fsp3) is 0.400. The van der Waals surface area contributed by atoms with Gasteiger partial charge in [-0.05, 0) is 25.5 Å². The predicted molar refractivity (Wildman–Crippen MR) is 73.3 cm³/mol. The fourth-order valence-corrected chi connectivity index (χ4v) is 3.42. The maximum atomic E-state index is 13.4. The van der Waals surface area contributed by atoms with E-state index in [0.717, 1.165) is 12.1 Å². The summed E-state index contributed by atoms with van der Waals surface area (Å²) < 4.78 is 61.0. The van der Waals surface area contributed by atoms with Gasteiger partial charge in [0.2, 0.25) is 20.0 Å². The van der Waals surface area contributed by atoms with Crippen LogP contribution in [0.25, 0.3) is 0 Å². The van der Waals surface area contributed by atoms with E-state index in [1.165, 1.54) is 6.92 Å². The lowest BCUT2D eigenvalue weighted by Crippen LogP contribution is -2.28. The summed E-state index contributed by atoms with van der Waals surface area (Å²) in [6, 6.07) is 2.16. The molecule has 1 aromatic carbocycles. The van der Waals surface area contributed by atoms with E-state index in [9.17, 15) is 21.2 Å². The van der Waals surface area contributed by atoms with Gasteiger partial charge in [-0.1, -0.05) is 0 Å². The highest BCUT2D eigenvalue weighted by molar-refractivity contribution is 7.89. The second-order valence-corrected chi connectivity index (χ2v) is 7.71. The van der Waals surface area contributed by atoms with Gasteiger partial charge >= 0.3 is 0 Å². The first-order valence-corrected chi connectivity index (χ1v) is 8.78. The third kappa shape index (κ3) is 4.71. The van der Waals surface area contributed by atoms with Crippen molar-refractivity contribution in [3.8, 4) is 0 Å². The fourth-order valence-electron chi connectivity index (χ4n) is 1.51. The molecule has 0 heterocycles. The minimum atomic E-state index is -3.96. The molecule has 0 aliphatic heterocycles. The van der Waals surface area contributed by atoms with E-state index in [4.69, 9.17) is 10.9 Å². The van der Waals surface area contributed by atoms with Gasteiger partial charge in [-0.25, -0.2) is 31.1 Å². The van der Waals surface area contributed by atoms with Gasteiger partial charge in [0.15, 0.2) is 0 Å². The van der Waals surface area contributed by atoms with Crippen molar-refractivity contribution in [1.29, 1.82) is 0 Å². The lowest BCUT2D eigenvalue weighted by Gasteiger charge is -2.10. The Morgan fingerprint density at radius 2 is 1.85 bits per heavy atom. The third-order valence-corrected chi connectivity index (χ3v) is 4.95. The molecule has 0 spiro atoms. The summed E-state index contributed by atoms with van der Waals surface area (Å²) in [7, 11) is -7.60. The molecule has 5 N–H and O–H groups in total. The lowest BCUT2D eigenvalue weighted by molar-refractivity contribution is 0.571. The number of halogens is 1. The SMILES string of the molecule is Cc1c(F)cc(N)cc1S(=O)(=O)NCCCS(N)(=O)=O. The van der Waals surface area contributed by atoms with Gasteiger partial charge in [0.1, 0.15) is 5.82 Å². The van der Waals surface area contributed by atoms with Gasteiger partial charge in [-0.15, -0.1) is 0 Å². The number of primary sulfonamides is 1. The number of hydrogen-bond donors (Lipinski definition) is 3. The number of nitrogens with one attached hydrogen (secondary N) is 1. The average Bonchev–Trinajstić information content (AvgIpc) is 2.28. The van der Waals surface area contributed by atoms with Crippen LogP contribution in [0.3, 0.4) is 0 Å². The van der Waals surface area contributed by atoms with Crippen LogP contribution in [0.2, 0.25) is 0 Å². The van der Waals surface area contributed by atoms with Gasteiger partial charge in [-0.3, -0.25) is 0 Å². The van der Waals surface area contributed by atoms with Gasteiger partial charge in [0.05, 0.1) is 10.6 Å². The summed E-state index contributed by atoms with van der Waals surface area (Å²) in [6.07, 6.45) is 0.0158. The molecule has 0 aromatic heterocycles. The van der Waals surface area contributed by atoms with E-state index in [-0.39, 0.29) is 34.9 Å². The summed E-state index contributed by atoms with van der Waals surface area (Å²) in [6.45, 7) is 1.18. The summed E-state index contributed by atoms with van der Waals surface area (Å²) in [5, 5.41) is 4.79. The van der Waals surface area contributed by atoms with Crippen LogP contribution in [0.1, 0.15) is 12.0 Å². The normalized spacial score (nSPS) is 12.6. The maximum absolute atomic E-state index is 13.4. The molecule has 0 unspecified atom stereocenters. The molecule has 114 valence electrons. The summed E-state index contributed by atoms with van der Waals surface area (Å²) in [4.78, 5) is -0.273. The molecule has 0 aliphatic rings. The Bertz CT molecular complexity index is 701. The quantitative estimate of drug-likeness (QED) is 0.487. The van der Waals surface area contributed by atoms with Crippen molar-refractivity contribution in [1.82, 2.24) is 4.72 Å². The molecule has 0 aliphatic carbocycles. The van der Waals surface area contributed by atoms with Crippen LogP contribution in [0, 0.1) is 12.7 Å². The van der Waals surface area contributed by atoms with Gasteiger partial charge < -0.3 is 5.73 Å². The molecular weight excluding hydrogens is 309 g/mol. The van der Waals surface area contributed by atoms with Crippen molar-refractivity contribution in [2.45, 2.75) is 18.2 Å². The van der Waals surface area contributed by atoms with Crippen LogP contribution < -0.4 is 15.6 Å². The molecule has 1 aromatic rings. The molecule has 0 radical (unpaired) electrons. The van der Waals surface area contributed by atoms with Crippen LogP contribution in [0.15, 0.2) is 17.0 Å². The molecular formula is C10H16FN3O4S2. The van der Waals surface area contributed by atoms with E-state index in [2.05, 4.69) is 4.72 Å². The Balaban J connectivity index is 2.85. The molecule has 20 heavy (non-hydrogen) atoms. The number of anilines is 1. The van der Waals surface area contributed by atoms with Crippen LogP contribution in [-0.4, -0.2) is 29.1 Å². The molecule has 0 atom stereocenters. The van der Waals surface area contributed by atoms with Crippen molar-refractivity contribution in [2.24, 2.45) is 5.14 Å². The van der Waals surface area contributed by atoms with Crippen LogP contribution in [0.4, 0.5) is 10.1 Å². The molecule has 1 rings (SSSR count). The zero-order valence-electron chi connectivity index (χ0n) is 10.8. The molecule has 10 heteroatoms. The Kier molecular flexibility index (Phi) is 5.08. The lowest BCUT2D eigenvalue weighted by atomic mass is 10.2. The van der Waals surface area contributed by atoms with Crippen molar-refractivity contribution in [3.05, 3.63) is 23.5 Å². The van der Waals surface area contributed by atoms with E-state index < -0.39 is 25.9 Å². The van der Waals surface area contributed by atoms with E-state index in [1.807, 2.05) is 0 Å². The zero-order valence-corrected chi connectivity index (χ0v) is 12.4. The standard InChI is InChI=1S/C10H16FN3O4S2/c1-7-9(11)5-8(12)6-10(7)20(17,18)14-3-2-4-19(13,15)16/h5-6,14H,2-4,12H2,1H3,(H2,13,15,16). The van der Waals surface area contributed by atoms with Crippen LogP contribution >= 0.6 is 0 Å². The Labute approximate surface area is 117 Å². The molecule has 0 fully saturated rings. The van der Waals surface area contributed by atoms with Crippen molar-refractivity contribution in [3.63, 3.8) is 0 Å². The Morgan fingerprint density at radius 3 is 2.40 bits per heavy atom. The Hall–Kier alpha value is -1.23. The van der Waals surface area contributed by atoms with E-state index >= 15 is 0 Å². The first-order chi connectivity index (χ1) is 9.03. The van der Waals surface area contributed by atoms with Crippen LogP contribution in [0.5, 0.6) is 0 Å². The highest BCUT2D eigenvalue weighted by Crippen LogP contribution is 2.21. The van der Waals surface area contributed by atoms with Gasteiger partial charge in [0.25, 0.3) is 0 Å². The van der Waals surface area contributed by atoms with Gasteiger partial charge in [0, 0.05) is 17.8 Å². The number of nitrogens with two attached hydrogens (primary N) is 2. The topological polar surface area (TPSA) is 132 Å². The molecule has 0 saturated carbocycles. The summed E-state index contributed by atoms with van der Waals surface area (Å²) in [5.41, 5.74) is 5.34. The zero-order chi connectivity index (χ0) is 15.6.